The lowest BCUT2D eigenvalue weighted by atomic mass is 9.85. The Morgan fingerprint density at radius 2 is 2.08 bits per heavy atom. The summed E-state index contributed by atoms with van der Waals surface area (Å²) >= 11 is 1.45. The summed E-state index contributed by atoms with van der Waals surface area (Å²) in [7, 11) is 0. The molecule has 0 saturated heterocycles. The molecule has 0 fully saturated rings. The molecule has 0 spiro atoms. The van der Waals surface area contributed by atoms with Crippen molar-refractivity contribution in [2.24, 2.45) is 5.92 Å². The minimum absolute atomic E-state index is 0.0497. The number of nitrogens with one attached hydrogen (secondary N) is 2. The molecule has 0 bridgehead atoms. The van der Waals surface area contributed by atoms with Gasteiger partial charge in [-0.05, 0) is 38.0 Å². The first-order valence-electron chi connectivity index (χ1n) is 7.78. The Bertz CT molecular complexity index is 689. The molecule has 24 heavy (non-hydrogen) atoms. The maximum absolute atomic E-state index is 12.6. The second kappa shape index (κ2) is 6.84. The van der Waals surface area contributed by atoms with Crippen LogP contribution in [0.3, 0.4) is 0 Å². The maximum Gasteiger partial charge on any atom is 0.305 e. The van der Waals surface area contributed by atoms with Gasteiger partial charge in [-0.2, -0.15) is 0 Å². The molecular formula is C17H22N2O4S. The van der Waals surface area contributed by atoms with E-state index < -0.39 is 11.5 Å². The highest BCUT2D eigenvalue weighted by atomic mass is 32.2. The highest BCUT2D eigenvalue weighted by Crippen LogP contribution is 2.36. The molecule has 1 aliphatic heterocycles. The van der Waals surface area contributed by atoms with Crippen molar-refractivity contribution in [2.75, 3.05) is 5.32 Å². The molecule has 7 heteroatoms. The van der Waals surface area contributed by atoms with Crippen molar-refractivity contribution >= 4 is 35.2 Å². The molecule has 1 aromatic rings. The second-order valence-corrected chi connectivity index (χ2v) is 7.94. The van der Waals surface area contributed by atoms with Gasteiger partial charge in [-0.25, -0.2) is 0 Å². The number of aliphatic carboxylic acids is 1. The number of carbonyl (C=O) groups is 3. The fourth-order valence-corrected chi connectivity index (χ4v) is 3.32. The first-order valence-corrected chi connectivity index (χ1v) is 8.66. The van der Waals surface area contributed by atoms with E-state index in [1.54, 1.807) is 25.1 Å². The molecule has 0 saturated carbocycles. The zero-order valence-corrected chi connectivity index (χ0v) is 15.0. The highest BCUT2D eigenvalue weighted by Gasteiger charge is 2.33. The molecule has 1 aromatic carbocycles. The van der Waals surface area contributed by atoms with E-state index in [4.69, 9.17) is 5.11 Å². The minimum atomic E-state index is -0.963. The van der Waals surface area contributed by atoms with Gasteiger partial charge in [0.1, 0.15) is 0 Å². The van der Waals surface area contributed by atoms with E-state index in [0.29, 0.717) is 11.3 Å². The van der Waals surface area contributed by atoms with Crippen molar-refractivity contribution < 1.29 is 19.5 Å². The number of benzene rings is 1. The fraction of sp³-hybridized carbons (Fsp3) is 0.471. The zero-order valence-electron chi connectivity index (χ0n) is 14.2. The van der Waals surface area contributed by atoms with Gasteiger partial charge in [-0.1, -0.05) is 13.8 Å². The van der Waals surface area contributed by atoms with Crippen LogP contribution in [0.2, 0.25) is 0 Å². The van der Waals surface area contributed by atoms with Crippen LogP contribution in [-0.4, -0.2) is 33.7 Å². The Hall–Kier alpha value is -2.02. The Morgan fingerprint density at radius 1 is 1.42 bits per heavy atom. The van der Waals surface area contributed by atoms with Crippen LogP contribution in [0.5, 0.6) is 0 Å². The standard InChI is InChI=1S/C17H22N2O4S/c1-9(2)17(4,8-14(20)21)19-16(23)11-5-6-13-12(7-11)18-15(22)10(3)24-13/h5-7,9-10H,8H2,1-4H3,(H,18,22)(H,19,23)(H,20,21). The summed E-state index contributed by atoms with van der Waals surface area (Å²) < 4.78 is 0. The molecule has 2 atom stereocenters. The van der Waals surface area contributed by atoms with Crippen molar-refractivity contribution in [1.29, 1.82) is 0 Å². The third kappa shape index (κ3) is 3.90. The number of carbonyl (C=O) groups excluding carboxylic acids is 2. The smallest absolute Gasteiger partial charge is 0.305 e. The van der Waals surface area contributed by atoms with Crippen LogP contribution in [0, 0.1) is 5.92 Å². The lowest BCUT2D eigenvalue weighted by Gasteiger charge is -2.33. The molecular weight excluding hydrogens is 328 g/mol. The van der Waals surface area contributed by atoms with Crippen LogP contribution < -0.4 is 10.6 Å². The third-order valence-electron chi connectivity index (χ3n) is 4.36. The van der Waals surface area contributed by atoms with Crippen LogP contribution in [0.4, 0.5) is 5.69 Å². The van der Waals surface area contributed by atoms with Gasteiger partial charge in [0.05, 0.1) is 22.9 Å². The highest BCUT2D eigenvalue weighted by molar-refractivity contribution is 8.00. The third-order valence-corrected chi connectivity index (χ3v) is 5.54. The molecule has 2 amide bonds. The van der Waals surface area contributed by atoms with Crippen molar-refractivity contribution in [3.8, 4) is 0 Å². The molecule has 2 unspecified atom stereocenters. The molecule has 1 aliphatic rings. The van der Waals surface area contributed by atoms with Gasteiger partial charge < -0.3 is 15.7 Å². The minimum Gasteiger partial charge on any atom is -0.481 e. The van der Waals surface area contributed by atoms with Crippen molar-refractivity contribution in [2.45, 2.75) is 49.8 Å². The van der Waals surface area contributed by atoms with Gasteiger partial charge in [-0.3, -0.25) is 14.4 Å². The van der Waals surface area contributed by atoms with Crippen LogP contribution in [0.25, 0.3) is 0 Å². The average molecular weight is 350 g/mol. The van der Waals surface area contributed by atoms with E-state index in [2.05, 4.69) is 10.6 Å². The van der Waals surface area contributed by atoms with E-state index in [9.17, 15) is 14.4 Å². The Kier molecular flexibility index (Phi) is 5.22. The molecule has 130 valence electrons. The zero-order chi connectivity index (χ0) is 18.1. The number of carboxylic acid groups (broad SMARTS) is 1. The molecule has 1 heterocycles. The van der Waals surface area contributed by atoms with E-state index in [1.165, 1.54) is 11.8 Å². The maximum atomic E-state index is 12.6. The monoisotopic (exact) mass is 350 g/mol. The molecule has 2 rings (SSSR count). The number of fused-ring (bicyclic) bond motifs is 1. The predicted octanol–water partition coefficient (Wildman–Crippen LogP) is 2.74. The normalized spacial score (nSPS) is 19.2. The number of rotatable bonds is 5. The number of hydrogen-bond acceptors (Lipinski definition) is 4. The lowest BCUT2D eigenvalue weighted by Crippen LogP contribution is -2.51. The van der Waals surface area contributed by atoms with Gasteiger partial charge in [0, 0.05) is 10.5 Å². The van der Waals surface area contributed by atoms with Crippen LogP contribution in [0.15, 0.2) is 23.1 Å². The number of anilines is 1. The van der Waals surface area contributed by atoms with E-state index in [1.807, 2.05) is 20.8 Å². The largest absolute Gasteiger partial charge is 0.481 e. The molecule has 0 aromatic heterocycles. The molecule has 0 radical (unpaired) electrons. The summed E-state index contributed by atoms with van der Waals surface area (Å²) in [6, 6.07) is 5.12. The van der Waals surface area contributed by atoms with Crippen molar-refractivity contribution in [3.63, 3.8) is 0 Å². The molecule has 3 N–H and O–H groups in total. The number of amides is 2. The predicted molar refractivity (Wildman–Crippen MR) is 93.4 cm³/mol. The number of thioether (sulfide) groups is 1. The Balaban J connectivity index is 2.22. The first-order chi connectivity index (χ1) is 11.1. The first kappa shape index (κ1) is 18.3. The topological polar surface area (TPSA) is 95.5 Å². The Morgan fingerprint density at radius 3 is 2.67 bits per heavy atom. The summed E-state index contributed by atoms with van der Waals surface area (Å²) in [6.07, 6.45) is -0.161. The lowest BCUT2D eigenvalue weighted by molar-refractivity contribution is -0.139. The van der Waals surface area contributed by atoms with Crippen LogP contribution in [0.1, 0.15) is 44.5 Å². The van der Waals surface area contributed by atoms with Gasteiger partial charge in [0.2, 0.25) is 5.91 Å². The SMILES string of the molecule is CC1Sc2ccc(C(=O)NC(C)(CC(=O)O)C(C)C)cc2NC1=O. The summed E-state index contributed by atoms with van der Waals surface area (Å²) in [5.74, 6) is -1.46. The quantitative estimate of drug-likeness (QED) is 0.759. The van der Waals surface area contributed by atoms with Crippen LogP contribution >= 0.6 is 11.8 Å². The van der Waals surface area contributed by atoms with E-state index in [0.717, 1.165) is 4.90 Å². The number of carboxylic acids is 1. The molecule has 0 aliphatic carbocycles. The van der Waals surface area contributed by atoms with E-state index >= 15 is 0 Å². The van der Waals surface area contributed by atoms with Gasteiger partial charge in [-0.15, -0.1) is 11.8 Å². The molecule has 6 nitrogen and oxygen atoms in total. The summed E-state index contributed by atoms with van der Waals surface area (Å²) in [6.45, 7) is 7.29. The van der Waals surface area contributed by atoms with Gasteiger partial charge >= 0.3 is 5.97 Å². The van der Waals surface area contributed by atoms with Crippen LogP contribution in [-0.2, 0) is 9.59 Å². The van der Waals surface area contributed by atoms with Gasteiger partial charge in [0.25, 0.3) is 5.91 Å². The summed E-state index contributed by atoms with van der Waals surface area (Å²) in [4.78, 5) is 36.3. The number of hydrogen-bond donors (Lipinski definition) is 3. The van der Waals surface area contributed by atoms with E-state index in [-0.39, 0.29) is 29.4 Å². The van der Waals surface area contributed by atoms with Crippen molar-refractivity contribution in [1.82, 2.24) is 5.32 Å². The summed E-state index contributed by atoms with van der Waals surface area (Å²) in [5.41, 5.74) is 0.146. The summed E-state index contributed by atoms with van der Waals surface area (Å²) in [5, 5.41) is 14.5. The van der Waals surface area contributed by atoms with Crippen molar-refractivity contribution in [3.05, 3.63) is 23.8 Å². The Labute approximate surface area is 145 Å². The second-order valence-electron chi connectivity index (χ2n) is 6.56. The van der Waals surface area contributed by atoms with Gasteiger partial charge in [0.15, 0.2) is 0 Å². The average Bonchev–Trinajstić information content (AvgIpc) is 2.46. The fourth-order valence-electron chi connectivity index (χ4n) is 2.39.